The fraction of sp³-hybridized carbons (Fsp3) is 0.286. The predicted molar refractivity (Wildman–Crippen MR) is 134 cm³/mol. The van der Waals surface area contributed by atoms with E-state index < -0.39 is 8.07 Å². The first kappa shape index (κ1) is 23.5. The van der Waals surface area contributed by atoms with E-state index in [0.717, 1.165) is 11.1 Å². The molecule has 3 aromatic rings. The molecule has 0 unspecified atom stereocenters. The Bertz CT molecular complexity index is 1060. The highest BCUT2D eigenvalue weighted by atomic mass is 28.3. The summed E-state index contributed by atoms with van der Waals surface area (Å²) in [7, 11) is -1.48. The number of carbonyl (C=O) groups is 1. The van der Waals surface area contributed by atoms with E-state index in [-0.39, 0.29) is 5.97 Å². The van der Waals surface area contributed by atoms with Crippen LogP contribution in [0.25, 0.3) is 11.1 Å². The molecule has 3 rings (SSSR count). The van der Waals surface area contributed by atoms with Gasteiger partial charge in [-0.05, 0) is 47.5 Å². The molecule has 0 aromatic heterocycles. The van der Waals surface area contributed by atoms with Gasteiger partial charge in [0.15, 0.2) is 0 Å². The summed E-state index contributed by atoms with van der Waals surface area (Å²) in [6, 6.07) is 26.2. The van der Waals surface area contributed by atoms with Gasteiger partial charge in [-0.1, -0.05) is 93.3 Å². The first-order valence-electron chi connectivity index (χ1n) is 11.4. The summed E-state index contributed by atoms with van der Waals surface area (Å²) in [6.07, 6.45) is 5.16. The smallest absolute Gasteiger partial charge is 0.343 e. The van der Waals surface area contributed by atoms with Crippen molar-refractivity contribution in [3.05, 3.63) is 83.9 Å². The predicted octanol–water partition coefficient (Wildman–Crippen LogP) is 6.94. The van der Waals surface area contributed by atoms with Gasteiger partial charge in [-0.25, -0.2) is 4.79 Å². The summed E-state index contributed by atoms with van der Waals surface area (Å²) in [4.78, 5) is 12.6. The number of hydrogen-bond donors (Lipinski definition) is 0. The SMILES string of the molecule is CCCCCC[Si](C)(C)c1ccc(C(=O)Oc2ccc(-c3ccc(C#N)cc3)cc2)cc1. The fourth-order valence-corrected chi connectivity index (χ4v) is 6.31. The molecule has 0 saturated heterocycles. The van der Waals surface area contributed by atoms with Crippen LogP contribution in [0.2, 0.25) is 19.1 Å². The number of ether oxygens (including phenoxy) is 1. The summed E-state index contributed by atoms with van der Waals surface area (Å²) in [5.41, 5.74) is 3.22. The highest BCUT2D eigenvalue weighted by Crippen LogP contribution is 2.23. The van der Waals surface area contributed by atoms with Gasteiger partial charge in [0, 0.05) is 0 Å². The minimum Gasteiger partial charge on any atom is -0.423 e. The lowest BCUT2D eigenvalue weighted by Crippen LogP contribution is -2.41. The molecule has 0 fully saturated rings. The first-order valence-corrected chi connectivity index (χ1v) is 14.6. The van der Waals surface area contributed by atoms with Crippen molar-refractivity contribution in [1.82, 2.24) is 0 Å². The minimum atomic E-state index is -1.48. The zero-order valence-electron chi connectivity index (χ0n) is 19.2. The van der Waals surface area contributed by atoms with E-state index in [4.69, 9.17) is 10.00 Å². The van der Waals surface area contributed by atoms with E-state index in [1.54, 1.807) is 24.3 Å². The molecule has 0 aliphatic rings. The summed E-state index contributed by atoms with van der Waals surface area (Å²) >= 11 is 0. The van der Waals surface area contributed by atoms with Gasteiger partial charge in [0.25, 0.3) is 0 Å². The van der Waals surface area contributed by atoms with Crippen LogP contribution in [0.1, 0.15) is 48.5 Å². The monoisotopic (exact) mass is 441 g/mol. The van der Waals surface area contributed by atoms with Crippen molar-refractivity contribution >= 4 is 19.2 Å². The van der Waals surface area contributed by atoms with Crippen LogP contribution in [0.3, 0.4) is 0 Å². The Kier molecular flexibility index (Phi) is 8.02. The Morgan fingerprint density at radius 3 is 2.00 bits per heavy atom. The third kappa shape index (κ3) is 6.18. The van der Waals surface area contributed by atoms with Gasteiger partial charge in [-0.2, -0.15) is 5.26 Å². The van der Waals surface area contributed by atoms with E-state index >= 15 is 0 Å². The maximum Gasteiger partial charge on any atom is 0.343 e. The van der Waals surface area contributed by atoms with Gasteiger partial charge in [-0.15, -0.1) is 0 Å². The van der Waals surface area contributed by atoms with Crippen molar-refractivity contribution in [2.24, 2.45) is 0 Å². The number of carbonyl (C=O) groups excluding carboxylic acids is 1. The van der Waals surface area contributed by atoms with Crippen molar-refractivity contribution in [1.29, 1.82) is 5.26 Å². The van der Waals surface area contributed by atoms with Gasteiger partial charge < -0.3 is 4.74 Å². The fourth-order valence-electron chi connectivity index (χ4n) is 3.81. The number of rotatable bonds is 9. The second-order valence-electron chi connectivity index (χ2n) is 8.87. The van der Waals surface area contributed by atoms with Crippen molar-refractivity contribution in [2.45, 2.75) is 51.7 Å². The van der Waals surface area contributed by atoms with Crippen molar-refractivity contribution in [3.8, 4) is 22.9 Å². The number of unbranched alkanes of at least 4 members (excludes halogenated alkanes) is 3. The molecule has 0 N–H and O–H groups in total. The zero-order valence-corrected chi connectivity index (χ0v) is 20.2. The van der Waals surface area contributed by atoms with Crippen LogP contribution < -0.4 is 9.92 Å². The maximum absolute atomic E-state index is 12.6. The van der Waals surface area contributed by atoms with E-state index in [2.05, 4.69) is 38.2 Å². The molecule has 0 heterocycles. The van der Waals surface area contributed by atoms with Crippen molar-refractivity contribution in [3.63, 3.8) is 0 Å². The van der Waals surface area contributed by atoms with E-state index in [1.165, 1.54) is 36.9 Å². The maximum atomic E-state index is 12.6. The lowest BCUT2D eigenvalue weighted by molar-refractivity contribution is 0.0735. The van der Waals surface area contributed by atoms with Gasteiger partial charge in [0.1, 0.15) is 5.75 Å². The molecule has 3 aromatic carbocycles. The van der Waals surface area contributed by atoms with Crippen LogP contribution in [0.4, 0.5) is 0 Å². The third-order valence-corrected chi connectivity index (χ3v) is 9.47. The largest absolute Gasteiger partial charge is 0.423 e. The van der Waals surface area contributed by atoms with Crippen molar-refractivity contribution in [2.75, 3.05) is 0 Å². The van der Waals surface area contributed by atoms with Crippen LogP contribution >= 0.6 is 0 Å². The number of hydrogen-bond acceptors (Lipinski definition) is 3. The number of benzene rings is 3. The Hall–Kier alpha value is -3.16. The molecule has 0 amide bonds. The van der Waals surface area contributed by atoms with E-state index in [0.29, 0.717) is 16.9 Å². The molecule has 4 heteroatoms. The minimum absolute atomic E-state index is 0.343. The van der Waals surface area contributed by atoms with Crippen LogP contribution in [0, 0.1) is 11.3 Å². The average molecular weight is 442 g/mol. The lowest BCUT2D eigenvalue weighted by atomic mass is 10.0. The Morgan fingerprint density at radius 1 is 0.844 bits per heavy atom. The van der Waals surface area contributed by atoms with Crippen LogP contribution in [-0.4, -0.2) is 14.0 Å². The number of nitrogens with zero attached hydrogens (tertiary/aromatic N) is 1. The highest BCUT2D eigenvalue weighted by Gasteiger charge is 2.23. The molecule has 0 aliphatic heterocycles. The zero-order chi connectivity index (χ0) is 23.0. The normalized spacial score (nSPS) is 11.1. The van der Waals surface area contributed by atoms with Crippen LogP contribution in [0.5, 0.6) is 5.75 Å². The van der Waals surface area contributed by atoms with Crippen molar-refractivity contribution < 1.29 is 9.53 Å². The second-order valence-corrected chi connectivity index (χ2v) is 13.7. The summed E-state index contributed by atoms with van der Waals surface area (Å²) in [5.74, 6) is 0.173. The molecule has 0 spiro atoms. The summed E-state index contributed by atoms with van der Waals surface area (Å²) in [5, 5.41) is 10.3. The quantitative estimate of drug-likeness (QED) is 0.156. The van der Waals surface area contributed by atoms with Crippen LogP contribution in [0.15, 0.2) is 72.8 Å². The molecule has 0 saturated carbocycles. The topological polar surface area (TPSA) is 50.1 Å². The number of nitriles is 1. The Labute approximate surface area is 192 Å². The van der Waals surface area contributed by atoms with Gasteiger partial charge in [0.2, 0.25) is 0 Å². The standard InChI is InChI=1S/C28H31NO2Si/c1-4-5-6-7-20-32(2,3)27-18-14-25(15-19-27)28(30)31-26-16-12-24(13-17-26)23-10-8-22(21-29)9-11-23/h8-19H,4-7,20H2,1-3H3. The summed E-state index contributed by atoms with van der Waals surface area (Å²) < 4.78 is 5.57. The molecule has 3 nitrogen and oxygen atoms in total. The Morgan fingerprint density at radius 2 is 1.44 bits per heavy atom. The molecule has 32 heavy (non-hydrogen) atoms. The van der Waals surface area contributed by atoms with Crippen LogP contribution in [-0.2, 0) is 0 Å². The number of esters is 1. The summed E-state index contributed by atoms with van der Waals surface area (Å²) in [6.45, 7) is 7.05. The van der Waals surface area contributed by atoms with E-state index in [9.17, 15) is 4.79 Å². The molecule has 164 valence electrons. The molecular weight excluding hydrogens is 410 g/mol. The molecule has 0 radical (unpaired) electrons. The third-order valence-electron chi connectivity index (χ3n) is 5.97. The van der Waals surface area contributed by atoms with E-state index in [1.807, 2.05) is 36.4 Å². The average Bonchev–Trinajstić information content (AvgIpc) is 2.82. The Balaban J connectivity index is 1.61. The highest BCUT2D eigenvalue weighted by molar-refractivity contribution is 6.89. The molecular formula is C28H31NO2Si. The molecule has 0 bridgehead atoms. The van der Waals surface area contributed by atoms with Gasteiger partial charge >= 0.3 is 5.97 Å². The lowest BCUT2D eigenvalue weighted by Gasteiger charge is -2.23. The first-order chi connectivity index (χ1) is 15.4. The van der Waals surface area contributed by atoms with Gasteiger partial charge in [0.05, 0.1) is 25.3 Å². The second kappa shape index (κ2) is 10.9. The molecule has 0 atom stereocenters. The van der Waals surface area contributed by atoms with Gasteiger partial charge in [-0.3, -0.25) is 0 Å². The molecule has 0 aliphatic carbocycles.